The van der Waals surface area contributed by atoms with Crippen LogP contribution in [0.2, 0.25) is 0 Å². The van der Waals surface area contributed by atoms with Crippen molar-refractivity contribution in [1.82, 2.24) is 5.32 Å². The van der Waals surface area contributed by atoms with Crippen molar-refractivity contribution in [2.24, 2.45) is 34.3 Å². The molecular formula is C20H34N2. The smallest absolute Gasteiger partial charge is 0.0102 e. The third-order valence-corrected chi connectivity index (χ3v) is 8.59. The van der Waals surface area contributed by atoms with E-state index in [0.29, 0.717) is 22.9 Å². The zero-order valence-corrected chi connectivity index (χ0v) is 14.7. The molecule has 4 aliphatic rings. The van der Waals surface area contributed by atoms with Crippen molar-refractivity contribution < 1.29 is 0 Å². The minimum Gasteiger partial charge on any atom is -0.327 e. The lowest BCUT2D eigenvalue weighted by Crippen LogP contribution is -2.52. The molecule has 3 saturated carbocycles. The second kappa shape index (κ2) is 5.08. The standard InChI is InChI=1S/C20H34N2/c1-19-10-8-14(22-3)12-13(19)4-5-15-16-6-7-18(21)20(16,2)11-9-17(15)19/h4,14-18,22H,5-12,21H2,1-3H3/t14-,15-,16-,17-,18-,19-,20-/m0/s1. The van der Waals surface area contributed by atoms with Crippen molar-refractivity contribution in [3.05, 3.63) is 11.6 Å². The van der Waals surface area contributed by atoms with Gasteiger partial charge in [-0.2, -0.15) is 0 Å². The van der Waals surface area contributed by atoms with Crippen molar-refractivity contribution in [3.8, 4) is 0 Å². The van der Waals surface area contributed by atoms with Gasteiger partial charge in [0.25, 0.3) is 0 Å². The SMILES string of the molecule is CN[C@H]1CC[C@@]2(C)C(=CC[C@H]3[C@@H]4CC[C@H](N)[C@@]4(C)CC[C@@H]32)C1. The van der Waals surface area contributed by atoms with Gasteiger partial charge in [-0.15, -0.1) is 0 Å². The van der Waals surface area contributed by atoms with Gasteiger partial charge < -0.3 is 11.1 Å². The summed E-state index contributed by atoms with van der Waals surface area (Å²) in [6.07, 6.45) is 13.5. The average Bonchev–Trinajstić information content (AvgIpc) is 2.82. The van der Waals surface area contributed by atoms with Gasteiger partial charge in [-0.05, 0) is 87.0 Å². The zero-order valence-electron chi connectivity index (χ0n) is 14.7. The first-order valence-corrected chi connectivity index (χ1v) is 9.61. The van der Waals surface area contributed by atoms with Gasteiger partial charge in [-0.25, -0.2) is 0 Å². The van der Waals surface area contributed by atoms with Crippen LogP contribution in [-0.4, -0.2) is 19.1 Å². The van der Waals surface area contributed by atoms with E-state index in [1.54, 1.807) is 5.57 Å². The summed E-state index contributed by atoms with van der Waals surface area (Å²) in [7, 11) is 2.13. The minimum absolute atomic E-state index is 0.436. The van der Waals surface area contributed by atoms with E-state index in [0.717, 1.165) is 17.8 Å². The largest absolute Gasteiger partial charge is 0.327 e. The highest BCUT2D eigenvalue weighted by Crippen LogP contribution is 2.64. The maximum Gasteiger partial charge on any atom is 0.0102 e. The van der Waals surface area contributed by atoms with Gasteiger partial charge >= 0.3 is 0 Å². The van der Waals surface area contributed by atoms with Crippen molar-refractivity contribution in [2.75, 3.05) is 7.05 Å². The molecule has 2 heteroatoms. The molecule has 2 nitrogen and oxygen atoms in total. The Morgan fingerprint density at radius 2 is 1.91 bits per heavy atom. The average molecular weight is 303 g/mol. The second-order valence-electron chi connectivity index (χ2n) is 9.22. The Morgan fingerprint density at radius 3 is 2.68 bits per heavy atom. The molecule has 0 heterocycles. The quantitative estimate of drug-likeness (QED) is 0.722. The van der Waals surface area contributed by atoms with E-state index in [1.807, 2.05) is 0 Å². The van der Waals surface area contributed by atoms with E-state index in [-0.39, 0.29) is 0 Å². The Labute approximate surface area is 136 Å². The van der Waals surface area contributed by atoms with E-state index in [2.05, 4.69) is 32.3 Å². The van der Waals surface area contributed by atoms with Crippen molar-refractivity contribution in [2.45, 2.75) is 77.3 Å². The van der Waals surface area contributed by atoms with Gasteiger partial charge in [-0.3, -0.25) is 0 Å². The van der Waals surface area contributed by atoms with E-state index in [9.17, 15) is 0 Å². The third-order valence-electron chi connectivity index (χ3n) is 8.59. The van der Waals surface area contributed by atoms with Gasteiger partial charge in [0.15, 0.2) is 0 Å². The Hall–Kier alpha value is -0.340. The normalized spacial score (nSPS) is 54.2. The molecule has 0 amide bonds. The molecule has 0 aromatic rings. The number of hydrogen-bond acceptors (Lipinski definition) is 2. The Kier molecular flexibility index (Phi) is 3.51. The fourth-order valence-corrected chi connectivity index (χ4v) is 6.95. The first kappa shape index (κ1) is 15.2. The summed E-state index contributed by atoms with van der Waals surface area (Å²) in [4.78, 5) is 0. The molecule has 0 radical (unpaired) electrons. The maximum absolute atomic E-state index is 6.52. The molecule has 3 N–H and O–H groups in total. The number of fused-ring (bicyclic) bond motifs is 5. The van der Waals surface area contributed by atoms with Crippen LogP contribution in [0.1, 0.15) is 65.2 Å². The van der Waals surface area contributed by atoms with Crippen molar-refractivity contribution >= 4 is 0 Å². The summed E-state index contributed by atoms with van der Waals surface area (Å²) in [5.74, 6) is 2.72. The number of rotatable bonds is 1. The highest BCUT2D eigenvalue weighted by atomic mass is 14.9. The van der Waals surface area contributed by atoms with Gasteiger partial charge in [0.1, 0.15) is 0 Å². The molecule has 0 aromatic carbocycles. The lowest BCUT2D eigenvalue weighted by atomic mass is 9.47. The molecule has 4 rings (SSSR count). The molecule has 4 aliphatic carbocycles. The summed E-state index contributed by atoms with van der Waals surface area (Å²) < 4.78 is 0. The van der Waals surface area contributed by atoms with Gasteiger partial charge in [0.05, 0.1) is 0 Å². The van der Waals surface area contributed by atoms with Crippen LogP contribution >= 0.6 is 0 Å². The Bertz CT molecular complexity index is 484. The van der Waals surface area contributed by atoms with Crippen LogP contribution in [0.25, 0.3) is 0 Å². The van der Waals surface area contributed by atoms with Gasteiger partial charge in [-0.1, -0.05) is 25.5 Å². The molecule has 124 valence electrons. The highest BCUT2D eigenvalue weighted by molar-refractivity contribution is 5.26. The molecule has 0 bridgehead atoms. The van der Waals surface area contributed by atoms with Crippen LogP contribution in [0.4, 0.5) is 0 Å². The first-order valence-electron chi connectivity index (χ1n) is 9.61. The monoisotopic (exact) mass is 302 g/mol. The van der Waals surface area contributed by atoms with Crippen molar-refractivity contribution in [3.63, 3.8) is 0 Å². The number of hydrogen-bond donors (Lipinski definition) is 2. The molecule has 22 heavy (non-hydrogen) atoms. The number of allylic oxidation sites excluding steroid dienone is 1. The zero-order chi connectivity index (χ0) is 15.5. The van der Waals surface area contributed by atoms with E-state index in [1.165, 1.54) is 51.4 Å². The summed E-state index contributed by atoms with van der Waals surface area (Å²) in [6.45, 7) is 5.10. The van der Waals surface area contributed by atoms with Crippen LogP contribution in [0.3, 0.4) is 0 Å². The van der Waals surface area contributed by atoms with Crippen LogP contribution in [-0.2, 0) is 0 Å². The first-order chi connectivity index (χ1) is 10.5. The topological polar surface area (TPSA) is 38.0 Å². The lowest BCUT2D eigenvalue weighted by molar-refractivity contribution is -0.0316. The third kappa shape index (κ3) is 1.92. The predicted octanol–water partition coefficient (Wildman–Crippen LogP) is 3.86. The van der Waals surface area contributed by atoms with E-state index >= 15 is 0 Å². The lowest BCUT2D eigenvalue weighted by Gasteiger charge is -2.58. The molecular weight excluding hydrogens is 268 g/mol. The number of nitrogens with one attached hydrogen (secondary N) is 1. The molecule has 0 spiro atoms. The number of nitrogens with two attached hydrogens (primary N) is 1. The van der Waals surface area contributed by atoms with Crippen LogP contribution in [0.15, 0.2) is 11.6 Å². The summed E-state index contributed by atoms with van der Waals surface area (Å²) in [5.41, 5.74) is 9.23. The fourth-order valence-electron chi connectivity index (χ4n) is 6.95. The molecule has 7 atom stereocenters. The maximum atomic E-state index is 6.52. The van der Waals surface area contributed by atoms with Crippen LogP contribution in [0.5, 0.6) is 0 Å². The van der Waals surface area contributed by atoms with Gasteiger partial charge in [0.2, 0.25) is 0 Å². The van der Waals surface area contributed by atoms with Crippen LogP contribution < -0.4 is 11.1 Å². The molecule has 0 saturated heterocycles. The predicted molar refractivity (Wildman–Crippen MR) is 92.5 cm³/mol. The highest BCUT2D eigenvalue weighted by Gasteiger charge is 2.57. The van der Waals surface area contributed by atoms with E-state index < -0.39 is 0 Å². The van der Waals surface area contributed by atoms with Gasteiger partial charge in [0, 0.05) is 12.1 Å². The molecule has 0 unspecified atom stereocenters. The minimum atomic E-state index is 0.436. The molecule has 0 aliphatic heterocycles. The molecule has 3 fully saturated rings. The summed E-state index contributed by atoms with van der Waals surface area (Å²) >= 11 is 0. The summed E-state index contributed by atoms with van der Waals surface area (Å²) in [5, 5.41) is 3.52. The second-order valence-corrected chi connectivity index (χ2v) is 9.22. The Balaban J connectivity index is 1.64. The fraction of sp³-hybridized carbons (Fsp3) is 0.900. The Morgan fingerprint density at radius 1 is 1.09 bits per heavy atom. The summed E-state index contributed by atoms with van der Waals surface area (Å²) in [6, 6.07) is 1.17. The van der Waals surface area contributed by atoms with Crippen LogP contribution in [0, 0.1) is 28.6 Å². The molecule has 0 aromatic heterocycles. The van der Waals surface area contributed by atoms with Crippen molar-refractivity contribution in [1.29, 1.82) is 0 Å². The van der Waals surface area contributed by atoms with E-state index in [4.69, 9.17) is 5.73 Å².